The highest BCUT2D eigenvalue weighted by atomic mass is 35.5. The van der Waals surface area contributed by atoms with Gasteiger partial charge in [-0.25, -0.2) is 15.0 Å². The van der Waals surface area contributed by atoms with Crippen molar-refractivity contribution in [2.45, 2.75) is 52.6 Å². The maximum atomic E-state index is 6.69. The predicted octanol–water partition coefficient (Wildman–Crippen LogP) is 5.57. The van der Waals surface area contributed by atoms with Gasteiger partial charge in [-0.2, -0.15) is 9.61 Å². The number of fused-ring (bicyclic) bond motifs is 1. The molecule has 9 nitrogen and oxygen atoms in total. The van der Waals surface area contributed by atoms with E-state index >= 15 is 0 Å². The van der Waals surface area contributed by atoms with Crippen LogP contribution in [0.5, 0.6) is 5.75 Å². The summed E-state index contributed by atoms with van der Waals surface area (Å²) in [5, 5.41) is 13.2. The molecule has 11 heteroatoms. The summed E-state index contributed by atoms with van der Waals surface area (Å²) in [5.74, 6) is 2.32. The molecule has 3 aromatic heterocycles. The molecule has 5 rings (SSSR count). The number of benzene rings is 1. The van der Waals surface area contributed by atoms with Crippen LogP contribution < -0.4 is 20.3 Å². The lowest BCUT2D eigenvalue weighted by Gasteiger charge is -2.33. The van der Waals surface area contributed by atoms with Crippen molar-refractivity contribution in [2.75, 3.05) is 36.5 Å². The molecule has 0 spiro atoms. The molecular formula is C28H34Cl2N8O. The van der Waals surface area contributed by atoms with Gasteiger partial charge in [0.05, 0.1) is 27.9 Å². The van der Waals surface area contributed by atoms with E-state index in [1.807, 2.05) is 37.4 Å². The third-order valence-electron chi connectivity index (χ3n) is 6.91. The van der Waals surface area contributed by atoms with Crippen LogP contribution in [-0.2, 0) is 0 Å². The van der Waals surface area contributed by atoms with Crippen LogP contribution >= 0.6 is 23.2 Å². The normalized spacial score (nSPS) is 15.1. The number of aromatic nitrogens is 5. The van der Waals surface area contributed by atoms with E-state index in [1.54, 1.807) is 24.5 Å². The molecule has 0 radical (unpaired) electrons. The van der Waals surface area contributed by atoms with Crippen LogP contribution in [0.2, 0.25) is 10.0 Å². The van der Waals surface area contributed by atoms with Crippen molar-refractivity contribution in [2.24, 2.45) is 0 Å². The largest absolute Gasteiger partial charge is 0.494 e. The Balaban J connectivity index is 1.29. The van der Waals surface area contributed by atoms with Gasteiger partial charge >= 0.3 is 0 Å². The van der Waals surface area contributed by atoms with Crippen LogP contribution in [0.4, 0.5) is 11.8 Å². The van der Waals surface area contributed by atoms with Crippen LogP contribution in [0.25, 0.3) is 16.8 Å². The second-order valence-corrected chi connectivity index (χ2v) is 10.8. The average Bonchev–Trinajstić information content (AvgIpc) is 3.24. The SMILES string of the molecule is CCOc1cc(Cl)c(-c2c(C)nn3c(NC(C)CNC4CCN(c5ncccn5)CC4)cc(C)nc23)c(Cl)c1. The molecule has 2 N–H and O–H groups in total. The Morgan fingerprint density at radius 1 is 1.05 bits per heavy atom. The molecule has 4 heterocycles. The first-order valence-corrected chi connectivity index (χ1v) is 14.1. The Morgan fingerprint density at radius 2 is 1.74 bits per heavy atom. The second kappa shape index (κ2) is 11.9. The number of aryl methyl sites for hydroxylation is 2. The number of nitrogens with one attached hydrogen (secondary N) is 2. The third kappa shape index (κ3) is 6.05. The molecule has 1 fully saturated rings. The Labute approximate surface area is 238 Å². The molecule has 0 bridgehead atoms. The second-order valence-electron chi connectivity index (χ2n) is 9.94. The van der Waals surface area contributed by atoms with Crippen molar-refractivity contribution in [1.82, 2.24) is 29.9 Å². The Morgan fingerprint density at radius 3 is 2.41 bits per heavy atom. The molecule has 0 aliphatic carbocycles. The molecule has 39 heavy (non-hydrogen) atoms. The van der Waals surface area contributed by atoms with E-state index < -0.39 is 0 Å². The van der Waals surface area contributed by atoms with Gasteiger partial charge in [0.1, 0.15) is 11.6 Å². The summed E-state index contributed by atoms with van der Waals surface area (Å²) in [5.41, 5.74) is 3.91. The van der Waals surface area contributed by atoms with E-state index in [0.29, 0.717) is 39.7 Å². The van der Waals surface area contributed by atoms with Crippen molar-refractivity contribution in [3.63, 3.8) is 0 Å². The van der Waals surface area contributed by atoms with E-state index in [9.17, 15) is 0 Å². The van der Waals surface area contributed by atoms with Gasteiger partial charge in [0, 0.05) is 61.4 Å². The van der Waals surface area contributed by atoms with Crippen LogP contribution in [0.3, 0.4) is 0 Å². The highest BCUT2D eigenvalue weighted by molar-refractivity contribution is 6.39. The molecule has 0 saturated carbocycles. The van der Waals surface area contributed by atoms with Gasteiger partial charge in [-0.05, 0) is 58.7 Å². The number of ether oxygens (including phenoxy) is 1. The maximum absolute atomic E-state index is 6.69. The molecule has 1 atom stereocenters. The van der Waals surface area contributed by atoms with Crippen LogP contribution in [0.1, 0.15) is 38.1 Å². The zero-order chi connectivity index (χ0) is 27.5. The number of hydrogen-bond donors (Lipinski definition) is 2. The molecule has 206 valence electrons. The van der Waals surface area contributed by atoms with Crippen LogP contribution in [0, 0.1) is 13.8 Å². The minimum absolute atomic E-state index is 0.163. The minimum Gasteiger partial charge on any atom is -0.494 e. The molecule has 1 aromatic carbocycles. The Kier molecular flexibility index (Phi) is 8.40. The highest BCUT2D eigenvalue weighted by Gasteiger charge is 2.23. The lowest BCUT2D eigenvalue weighted by atomic mass is 10.1. The van der Waals surface area contributed by atoms with E-state index in [0.717, 1.165) is 61.2 Å². The number of anilines is 2. The van der Waals surface area contributed by atoms with Gasteiger partial charge in [0.2, 0.25) is 5.95 Å². The van der Waals surface area contributed by atoms with Gasteiger partial charge in [0.25, 0.3) is 0 Å². The summed E-state index contributed by atoms with van der Waals surface area (Å²) < 4.78 is 7.45. The molecule has 4 aromatic rings. The van der Waals surface area contributed by atoms with E-state index in [-0.39, 0.29) is 6.04 Å². The summed E-state index contributed by atoms with van der Waals surface area (Å²) in [7, 11) is 0. The summed E-state index contributed by atoms with van der Waals surface area (Å²) >= 11 is 13.4. The summed E-state index contributed by atoms with van der Waals surface area (Å²) in [6.45, 7) is 11.3. The van der Waals surface area contributed by atoms with Gasteiger partial charge < -0.3 is 20.3 Å². The maximum Gasteiger partial charge on any atom is 0.225 e. The summed E-state index contributed by atoms with van der Waals surface area (Å²) in [6.07, 6.45) is 5.69. The first-order valence-electron chi connectivity index (χ1n) is 13.3. The number of rotatable bonds is 9. The highest BCUT2D eigenvalue weighted by Crippen LogP contribution is 2.41. The first-order chi connectivity index (χ1) is 18.8. The smallest absolute Gasteiger partial charge is 0.225 e. The van der Waals surface area contributed by atoms with E-state index in [1.165, 1.54) is 0 Å². The standard InChI is InChI=1S/C28H34Cl2N8O/c1-5-39-21-14-22(29)26(23(30)15-21)25-19(4)36-38-24(13-17(2)35-27(25)38)34-18(3)16-33-20-7-11-37(12-8-20)28-31-9-6-10-32-28/h6,9-10,13-15,18,20,33-34H,5,7-8,11-12,16H2,1-4H3. The Bertz CT molecular complexity index is 1410. The summed E-state index contributed by atoms with van der Waals surface area (Å²) in [4.78, 5) is 15.8. The van der Waals surface area contributed by atoms with Crippen molar-refractivity contribution >= 4 is 40.6 Å². The Hall–Kier alpha value is -3.14. The fraction of sp³-hybridized carbons (Fsp3) is 0.429. The monoisotopic (exact) mass is 568 g/mol. The molecule has 1 unspecified atom stereocenters. The first kappa shape index (κ1) is 27.4. The number of hydrogen-bond acceptors (Lipinski definition) is 8. The average molecular weight is 570 g/mol. The van der Waals surface area contributed by atoms with Gasteiger partial charge in [-0.15, -0.1) is 0 Å². The third-order valence-corrected chi connectivity index (χ3v) is 7.50. The molecule has 1 aliphatic rings. The van der Waals surface area contributed by atoms with Crippen LogP contribution in [0.15, 0.2) is 36.7 Å². The molecule has 0 amide bonds. The van der Waals surface area contributed by atoms with E-state index in [4.69, 9.17) is 38.0 Å². The lowest BCUT2D eigenvalue weighted by molar-refractivity contribution is 0.340. The van der Waals surface area contributed by atoms with Crippen molar-refractivity contribution < 1.29 is 4.74 Å². The minimum atomic E-state index is 0.163. The topological polar surface area (TPSA) is 92.5 Å². The van der Waals surface area contributed by atoms with Crippen molar-refractivity contribution in [3.8, 4) is 16.9 Å². The number of piperidine rings is 1. The fourth-order valence-corrected chi connectivity index (χ4v) is 5.72. The molecular weight excluding hydrogens is 535 g/mol. The fourth-order valence-electron chi connectivity index (χ4n) is 5.06. The van der Waals surface area contributed by atoms with Gasteiger partial charge in [0.15, 0.2) is 5.65 Å². The number of nitrogens with zero attached hydrogens (tertiary/aromatic N) is 6. The number of halogens is 2. The summed E-state index contributed by atoms with van der Waals surface area (Å²) in [6, 6.07) is 8.05. The van der Waals surface area contributed by atoms with Crippen molar-refractivity contribution in [1.29, 1.82) is 0 Å². The van der Waals surface area contributed by atoms with Gasteiger partial charge in [-0.3, -0.25) is 0 Å². The zero-order valence-corrected chi connectivity index (χ0v) is 24.2. The zero-order valence-electron chi connectivity index (χ0n) is 22.7. The molecule has 1 aliphatic heterocycles. The quantitative estimate of drug-likeness (QED) is 0.271. The van der Waals surface area contributed by atoms with Crippen LogP contribution in [-0.4, -0.2) is 62.9 Å². The molecule has 1 saturated heterocycles. The predicted molar refractivity (Wildman–Crippen MR) is 157 cm³/mol. The van der Waals surface area contributed by atoms with Gasteiger partial charge in [-0.1, -0.05) is 23.2 Å². The van der Waals surface area contributed by atoms with E-state index in [2.05, 4.69) is 32.4 Å². The lowest BCUT2D eigenvalue weighted by Crippen LogP contribution is -2.45. The van der Waals surface area contributed by atoms with Crippen molar-refractivity contribution in [3.05, 3.63) is 58.1 Å².